The Bertz CT molecular complexity index is 505. The van der Waals surface area contributed by atoms with Crippen LogP contribution in [0.5, 0.6) is 0 Å². The minimum absolute atomic E-state index is 0.212. The minimum Gasteiger partial charge on any atom is -0.363 e. The molecule has 0 aliphatic carbocycles. The molecule has 1 unspecified atom stereocenters. The van der Waals surface area contributed by atoms with Crippen molar-refractivity contribution in [2.45, 2.75) is 49.4 Å². The number of unbranched alkanes of at least 4 members (excludes halogenated alkanes) is 1. The van der Waals surface area contributed by atoms with E-state index >= 15 is 0 Å². The summed E-state index contributed by atoms with van der Waals surface area (Å²) >= 11 is 19.0. The summed E-state index contributed by atoms with van der Waals surface area (Å²) in [6.45, 7) is 5.27. The van der Waals surface area contributed by atoms with Crippen LogP contribution in [0.25, 0.3) is 6.08 Å². The highest BCUT2D eigenvalue weighted by atomic mass is 35.6. The van der Waals surface area contributed by atoms with Gasteiger partial charge < -0.3 is 4.90 Å². The van der Waals surface area contributed by atoms with Gasteiger partial charge in [-0.3, -0.25) is 0 Å². The molecule has 0 aromatic heterocycles. The van der Waals surface area contributed by atoms with Crippen LogP contribution in [0.4, 0.5) is 0 Å². The van der Waals surface area contributed by atoms with E-state index in [0.29, 0.717) is 0 Å². The van der Waals surface area contributed by atoms with Gasteiger partial charge in [0.05, 0.1) is 0 Å². The first-order valence-corrected chi connectivity index (χ1v) is 8.75. The fourth-order valence-electron chi connectivity index (χ4n) is 2.93. The van der Waals surface area contributed by atoms with Crippen molar-refractivity contribution >= 4 is 40.9 Å². The Labute approximate surface area is 142 Å². The van der Waals surface area contributed by atoms with Crippen LogP contribution in [0.2, 0.25) is 0 Å². The second-order valence-corrected chi connectivity index (χ2v) is 7.87. The summed E-state index contributed by atoms with van der Waals surface area (Å²) in [5.74, 6) is 0. The maximum atomic E-state index is 6.33. The van der Waals surface area contributed by atoms with E-state index in [-0.39, 0.29) is 6.04 Å². The molecule has 0 bridgehead atoms. The normalized spacial score (nSPS) is 18.4. The van der Waals surface area contributed by atoms with Gasteiger partial charge in [0.25, 0.3) is 0 Å². The van der Waals surface area contributed by atoms with E-state index in [1.54, 1.807) is 0 Å². The molecule has 0 amide bonds. The fraction of sp³-hybridized carbons (Fsp3) is 0.529. The number of hydrogen-bond donors (Lipinski definition) is 0. The largest absolute Gasteiger partial charge is 0.363 e. The van der Waals surface area contributed by atoms with E-state index in [1.165, 1.54) is 11.3 Å². The van der Waals surface area contributed by atoms with Crippen LogP contribution < -0.4 is 0 Å². The van der Waals surface area contributed by atoms with E-state index < -0.39 is 3.79 Å². The zero-order valence-electron chi connectivity index (χ0n) is 12.6. The molecule has 4 heteroatoms. The molecule has 21 heavy (non-hydrogen) atoms. The molecule has 1 aliphatic heterocycles. The molecule has 1 aromatic carbocycles. The molecule has 1 nitrogen and oxygen atoms in total. The third kappa shape index (κ3) is 3.88. The van der Waals surface area contributed by atoms with Gasteiger partial charge in [0.15, 0.2) is 0 Å². The van der Waals surface area contributed by atoms with E-state index in [0.717, 1.165) is 37.8 Å². The van der Waals surface area contributed by atoms with Crippen molar-refractivity contribution < 1.29 is 0 Å². The Morgan fingerprint density at radius 3 is 2.43 bits per heavy atom. The van der Waals surface area contributed by atoms with E-state index in [4.69, 9.17) is 34.8 Å². The number of hydrogen-bond acceptors (Lipinski definition) is 1. The number of nitrogens with zero attached hydrogens (tertiary/aromatic N) is 1. The number of alkyl halides is 3. The van der Waals surface area contributed by atoms with Crippen LogP contribution >= 0.6 is 34.8 Å². The lowest BCUT2D eigenvalue weighted by molar-refractivity contribution is 0.245. The molecule has 0 spiro atoms. The molecule has 0 saturated heterocycles. The molecule has 1 heterocycles. The number of rotatable bonds is 5. The second-order valence-electron chi connectivity index (χ2n) is 5.51. The van der Waals surface area contributed by atoms with Gasteiger partial charge in [0, 0.05) is 12.2 Å². The van der Waals surface area contributed by atoms with Crippen LogP contribution in [0, 0.1) is 0 Å². The summed E-state index contributed by atoms with van der Waals surface area (Å²) in [4.78, 5) is 2.28. The Kier molecular flexibility index (Phi) is 5.88. The van der Waals surface area contributed by atoms with Gasteiger partial charge in [-0.2, -0.15) is 0 Å². The molecular formula is C17H22Cl3N. The summed E-state index contributed by atoms with van der Waals surface area (Å²) in [6.07, 6.45) is 6.64. The first kappa shape index (κ1) is 17.0. The molecular weight excluding hydrogens is 325 g/mol. The maximum absolute atomic E-state index is 6.33. The van der Waals surface area contributed by atoms with Crippen molar-refractivity contribution in [3.8, 4) is 0 Å². The number of fused-ring (bicyclic) bond motifs is 1. The molecule has 1 aliphatic rings. The molecule has 0 N–H and O–H groups in total. The zero-order valence-corrected chi connectivity index (χ0v) is 14.8. The van der Waals surface area contributed by atoms with Crippen LogP contribution in [0.3, 0.4) is 0 Å². The lowest BCUT2D eigenvalue weighted by atomic mass is 9.93. The molecule has 1 atom stereocenters. The molecule has 0 radical (unpaired) electrons. The minimum atomic E-state index is -1.34. The third-order valence-corrected chi connectivity index (χ3v) is 4.47. The highest BCUT2D eigenvalue weighted by molar-refractivity contribution is 6.68. The number of halogens is 3. The summed E-state index contributed by atoms with van der Waals surface area (Å²) in [5.41, 5.74) is 3.56. The predicted octanol–water partition coefficient (Wildman–Crippen LogP) is 6.35. The first-order chi connectivity index (χ1) is 9.99. The molecule has 0 saturated carbocycles. The lowest BCUT2D eigenvalue weighted by Gasteiger charge is -2.43. The van der Waals surface area contributed by atoms with E-state index in [2.05, 4.69) is 37.0 Å². The van der Waals surface area contributed by atoms with Crippen LogP contribution in [-0.4, -0.2) is 15.2 Å². The van der Waals surface area contributed by atoms with Crippen LogP contribution in [0.15, 0.2) is 30.0 Å². The van der Waals surface area contributed by atoms with Crippen LogP contribution in [-0.2, 0) is 0 Å². The summed E-state index contributed by atoms with van der Waals surface area (Å²) in [6, 6.07) is 8.01. The van der Waals surface area contributed by atoms with Crippen molar-refractivity contribution in [2.24, 2.45) is 0 Å². The molecule has 116 valence electrons. The third-order valence-electron chi connectivity index (χ3n) is 3.85. The van der Waals surface area contributed by atoms with Gasteiger partial charge >= 0.3 is 0 Å². The lowest BCUT2D eigenvalue weighted by Crippen LogP contribution is -2.39. The second kappa shape index (κ2) is 7.26. The van der Waals surface area contributed by atoms with Crippen molar-refractivity contribution in [3.05, 3.63) is 41.1 Å². The summed E-state index contributed by atoms with van der Waals surface area (Å²) in [5, 5.41) is 0. The van der Waals surface area contributed by atoms with Gasteiger partial charge in [-0.05, 0) is 36.5 Å². The maximum Gasteiger partial charge on any atom is 0.214 e. The molecule has 1 aromatic rings. The van der Waals surface area contributed by atoms with Gasteiger partial charge in [-0.15, -0.1) is 0 Å². The zero-order chi connectivity index (χ0) is 15.5. The van der Waals surface area contributed by atoms with Gasteiger partial charge in [0.2, 0.25) is 3.79 Å². The smallest absolute Gasteiger partial charge is 0.214 e. The Morgan fingerprint density at radius 1 is 1.10 bits per heavy atom. The topological polar surface area (TPSA) is 3.24 Å². The summed E-state index contributed by atoms with van der Waals surface area (Å²) in [7, 11) is 0. The van der Waals surface area contributed by atoms with Gasteiger partial charge in [0.1, 0.15) is 6.04 Å². The highest BCUT2D eigenvalue weighted by Crippen LogP contribution is 2.49. The number of allylic oxidation sites excluding steroid dienone is 1. The highest BCUT2D eigenvalue weighted by Gasteiger charge is 2.41. The Balaban J connectivity index is 2.48. The Hall–Kier alpha value is -0.370. The molecule has 2 rings (SSSR count). The summed E-state index contributed by atoms with van der Waals surface area (Å²) < 4.78 is -1.34. The van der Waals surface area contributed by atoms with Crippen molar-refractivity contribution in [1.29, 1.82) is 0 Å². The quantitative estimate of drug-likeness (QED) is 0.561. The van der Waals surface area contributed by atoms with E-state index in [1.807, 2.05) is 12.1 Å². The average molecular weight is 347 g/mol. The molecule has 0 fully saturated rings. The van der Waals surface area contributed by atoms with Crippen molar-refractivity contribution in [1.82, 2.24) is 4.90 Å². The fourth-order valence-corrected chi connectivity index (χ4v) is 3.63. The standard InChI is InChI=1S/C17H22Cl3N/c1-3-5-9-14-12-13-8-6-7-10-15(13)16(17(18,19)20)21(14)11-4-2/h6-8,10,12,16H,3-5,9,11H2,1-2H3. The van der Waals surface area contributed by atoms with Crippen molar-refractivity contribution in [3.63, 3.8) is 0 Å². The predicted molar refractivity (Wildman–Crippen MR) is 94.0 cm³/mol. The number of benzene rings is 1. The van der Waals surface area contributed by atoms with Crippen LogP contribution in [0.1, 0.15) is 56.7 Å². The average Bonchev–Trinajstić information content (AvgIpc) is 2.43. The van der Waals surface area contributed by atoms with E-state index in [9.17, 15) is 0 Å². The van der Waals surface area contributed by atoms with Gasteiger partial charge in [-0.1, -0.05) is 79.3 Å². The SMILES string of the molecule is CCCCC1=Cc2ccccc2C(C(Cl)(Cl)Cl)N1CCC. The monoisotopic (exact) mass is 345 g/mol. The van der Waals surface area contributed by atoms with Crippen molar-refractivity contribution in [2.75, 3.05) is 6.54 Å². The Morgan fingerprint density at radius 2 is 1.81 bits per heavy atom. The first-order valence-electron chi connectivity index (χ1n) is 7.61. The van der Waals surface area contributed by atoms with Gasteiger partial charge in [-0.25, -0.2) is 0 Å².